The number of fused-ring (bicyclic) bond motifs is 10. The van der Waals surface area contributed by atoms with Gasteiger partial charge in [0.15, 0.2) is 6.23 Å². The van der Waals surface area contributed by atoms with Crippen molar-refractivity contribution in [2.24, 2.45) is 73.8 Å². The Kier molecular flexibility index (Phi) is 21.3. The number of nitrogens with two attached hydrogens (primary N) is 6. The zero-order chi connectivity index (χ0) is 66.7. The van der Waals surface area contributed by atoms with Crippen LogP contribution in [0.1, 0.15) is 150 Å². The van der Waals surface area contributed by atoms with Crippen LogP contribution in [0.15, 0.2) is 64.0 Å². The second-order valence-corrected chi connectivity index (χ2v) is 28.5. The van der Waals surface area contributed by atoms with Gasteiger partial charge in [-0.05, 0) is 123 Å². The summed E-state index contributed by atoms with van der Waals surface area (Å²) in [6.45, 7) is 19.2. The molecule has 4 fully saturated rings. The van der Waals surface area contributed by atoms with Gasteiger partial charge in [-0.25, -0.2) is 9.55 Å². The predicted molar refractivity (Wildman–Crippen MR) is 333 cm³/mol. The SMILES string of the molecule is C/C1=C2/[N-]C(/C=C3\[N-][C@H](/C(C)=C4\[N-][C@H]([C@H](CC(N)=O)[C@@]4(C)CCC(=O)NC[C@@H](C)OP(=O)(O)O[C@H]4[C@@H](O)[C@@H](n5cnc6cc(C)c(C)cc65)O[C@@H]4CO)[C@]4(C)[N-]C1=C(CCC(N)=O)[C@]4(C)CC(N)=O)[C@@H](CCC(N)=O)C3(C)C)[C@@H](CCC(N)=O)[C@]2(C)CC(N)=O.[Co]. The van der Waals surface area contributed by atoms with E-state index in [4.69, 9.17) is 69.5 Å². The third-order valence-electron chi connectivity index (χ3n) is 20.6. The molecule has 16 N–H and O–H groups in total. The topological polar surface area (TPSA) is 467 Å². The van der Waals surface area contributed by atoms with Crippen LogP contribution in [0.5, 0.6) is 0 Å². The van der Waals surface area contributed by atoms with Crippen LogP contribution in [0, 0.1) is 53.3 Å². The van der Waals surface area contributed by atoms with Crippen LogP contribution < -0.4 is 39.7 Å². The summed E-state index contributed by atoms with van der Waals surface area (Å²) in [5, 5.41) is 46.7. The molecule has 1 aromatic carbocycles. The molecule has 29 heteroatoms. The molecule has 0 saturated carbocycles. The third-order valence-corrected chi connectivity index (χ3v) is 21.8. The molecule has 8 bridgehead atoms. The van der Waals surface area contributed by atoms with Crippen LogP contribution in [-0.4, -0.2) is 127 Å². The van der Waals surface area contributed by atoms with Gasteiger partial charge in [-0.3, -0.25) is 42.6 Å². The molecule has 1 aromatic heterocycles. The zero-order valence-electron chi connectivity index (χ0n) is 53.6. The number of benzene rings is 1. The molecule has 0 aliphatic carbocycles. The smallest absolute Gasteiger partial charge is 0.472 e. The maximum absolute atomic E-state index is 14.4. The summed E-state index contributed by atoms with van der Waals surface area (Å²) in [6, 6.07) is 1.21. The number of carbonyl (C=O) groups is 7. The van der Waals surface area contributed by atoms with E-state index in [0.717, 1.165) is 11.1 Å². The number of allylic oxidation sites excluding steroid dienone is 4. The number of phosphoric ester groups is 1. The van der Waals surface area contributed by atoms with Crippen molar-refractivity contribution in [3.8, 4) is 0 Å². The zero-order valence-corrected chi connectivity index (χ0v) is 55.5. The second-order valence-electron chi connectivity index (χ2n) is 27.1. The molecule has 0 spiro atoms. The van der Waals surface area contributed by atoms with Crippen LogP contribution in [0.2, 0.25) is 0 Å². The van der Waals surface area contributed by atoms with Crippen molar-refractivity contribution in [1.29, 1.82) is 0 Å². The van der Waals surface area contributed by atoms with Crippen molar-refractivity contribution in [3.63, 3.8) is 0 Å². The fraction of sp³-hybridized carbons (Fsp3) is 0.645. The molecule has 8 rings (SSSR count). The summed E-state index contributed by atoms with van der Waals surface area (Å²) in [4.78, 5) is 109. The number of amides is 7. The van der Waals surface area contributed by atoms with E-state index in [-0.39, 0.29) is 94.0 Å². The Hall–Kier alpha value is -6.36. The number of primary amides is 6. The third kappa shape index (κ3) is 13.8. The normalized spacial score (nSPS) is 34.6. The summed E-state index contributed by atoms with van der Waals surface area (Å²) >= 11 is 0. The van der Waals surface area contributed by atoms with Gasteiger partial charge in [0.05, 0.1) is 30.1 Å². The van der Waals surface area contributed by atoms with Gasteiger partial charge in [0, 0.05) is 68.3 Å². The number of aryl methyl sites for hydroxylation is 2. The Bertz CT molecular complexity index is 3420. The molecular formula is C62H90CoN13O14P-4. The van der Waals surface area contributed by atoms with E-state index >= 15 is 0 Å². The van der Waals surface area contributed by atoms with Gasteiger partial charge in [-0.2, -0.15) is 17.1 Å². The van der Waals surface area contributed by atoms with E-state index in [0.29, 0.717) is 50.5 Å². The van der Waals surface area contributed by atoms with Gasteiger partial charge in [-0.1, -0.05) is 64.8 Å². The van der Waals surface area contributed by atoms with Crippen LogP contribution in [0.4, 0.5) is 0 Å². The van der Waals surface area contributed by atoms with Crippen LogP contribution in [0.25, 0.3) is 32.3 Å². The first-order chi connectivity index (χ1) is 41.8. The van der Waals surface area contributed by atoms with Gasteiger partial charge < -0.3 is 85.4 Å². The van der Waals surface area contributed by atoms with Crippen molar-refractivity contribution in [3.05, 3.63) is 96.4 Å². The number of hydrogen-bond donors (Lipinski definition) is 10. The molecule has 505 valence electrons. The van der Waals surface area contributed by atoms with Crippen molar-refractivity contribution in [2.45, 2.75) is 201 Å². The maximum atomic E-state index is 14.4. The number of phosphoric acid groups is 1. The van der Waals surface area contributed by atoms with Crippen molar-refractivity contribution >= 4 is 60.2 Å². The second kappa shape index (κ2) is 26.9. The van der Waals surface area contributed by atoms with E-state index < -0.39 is 150 Å². The number of nitrogens with one attached hydrogen (secondary N) is 1. The number of aromatic nitrogens is 2. The number of carbonyl (C=O) groups excluding carboxylic acids is 7. The standard InChI is InChI=1S/C62H90N13O14P.Co/c1-29-20-39-40(21-30(29)2)75(28-70-39)57-52(84)53(41(27-76)87-57)89-90(85,86)88-31(3)26-69-49(83)18-19-59(8)37(22-46(66)80)56-62(11)61(10,25-48(68)82)36(14-17-45(65)79)51(74-62)33(5)55-60(9,24-47(67)81)34(12-15-43(63)77)38(71-55)23-42-58(6,7)35(13-16-44(64)78)50(72-42)32(4)54(59)73-56;/h20-21,23,28,31,34-35,37-38,41,50,52-53,56-57,76,84H,12-19,22,24-27H2,1-11H3,(H2,63,77)(H2,64,78)(H2,65,79)(H2,66,80)(H2,67,81)(H2,68,82)(H,69,83)(H,85,86);/q-4;/b42-23-,54-32-,55-33-;/t31-,34-,35-,37+,38?,41-,50-,52-,53-,56-,57+,59-,60+,61+,62+;/m1./s1. The van der Waals surface area contributed by atoms with E-state index in [2.05, 4.69) is 10.3 Å². The maximum Gasteiger partial charge on any atom is 0.472 e. The average Bonchev–Trinajstić information content (AvgIpc) is 1.54. The van der Waals surface area contributed by atoms with Crippen LogP contribution in [-0.2, 0) is 68.7 Å². The Balaban J connectivity index is 0.0000118. The molecular weight excluding hydrogens is 1240 g/mol. The van der Waals surface area contributed by atoms with Crippen molar-refractivity contribution < 1.29 is 83.8 Å². The van der Waals surface area contributed by atoms with Gasteiger partial charge in [0.1, 0.15) is 18.3 Å². The summed E-state index contributed by atoms with van der Waals surface area (Å²) in [5.74, 6) is -6.35. The Morgan fingerprint density at radius 2 is 1.41 bits per heavy atom. The Morgan fingerprint density at radius 3 is 2.00 bits per heavy atom. The summed E-state index contributed by atoms with van der Waals surface area (Å²) in [5.41, 5.74) is 36.5. The number of rotatable bonds is 26. The van der Waals surface area contributed by atoms with E-state index in [1.807, 2.05) is 66.7 Å². The number of hydrogen-bond acceptors (Lipinski definition) is 14. The van der Waals surface area contributed by atoms with Crippen LogP contribution >= 0.6 is 7.82 Å². The van der Waals surface area contributed by atoms with Gasteiger partial charge >= 0.3 is 7.82 Å². The van der Waals surface area contributed by atoms with Crippen molar-refractivity contribution in [1.82, 2.24) is 14.9 Å². The summed E-state index contributed by atoms with van der Waals surface area (Å²) in [6.07, 6.45) is -4.33. The fourth-order valence-corrected chi connectivity index (χ4v) is 16.7. The molecule has 2 aromatic rings. The number of ether oxygens (including phenoxy) is 1. The predicted octanol–water partition coefficient (Wildman–Crippen LogP) is 5.12. The molecule has 4 saturated heterocycles. The molecule has 2 unspecified atom stereocenters. The molecule has 6 aliphatic rings. The molecule has 16 atom stereocenters. The number of imidazole rings is 1. The molecule has 7 heterocycles. The number of nitrogens with zero attached hydrogens (tertiary/aromatic N) is 6. The van der Waals surface area contributed by atoms with E-state index in [1.165, 1.54) is 13.3 Å². The summed E-state index contributed by atoms with van der Waals surface area (Å²) in [7, 11) is -5.07. The summed E-state index contributed by atoms with van der Waals surface area (Å²) < 4.78 is 32.3. The first-order valence-electron chi connectivity index (χ1n) is 30.6. The monoisotopic (exact) mass is 1330 g/mol. The Labute approximate surface area is 541 Å². The quantitative estimate of drug-likeness (QED) is 0.0547. The Morgan fingerprint density at radius 1 is 0.791 bits per heavy atom. The van der Waals surface area contributed by atoms with Crippen LogP contribution in [0.3, 0.4) is 0 Å². The first kappa shape index (κ1) is 72.1. The van der Waals surface area contributed by atoms with Gasteiger partial charge in [-0.15, -0.1) is 28.9 Å². The minimum Gasteiger partial charge on any atom is -0.685 e. The number of aliphatic hydroxyl groups excluding tert-OH is 2. The van der Waals surface area contributed by atoms with Crippen molar-refractivity contribution in [2.75, 3.05) is 13.2 Å². The molecule has 91 heavy (non-hydrogen) atoms. The molecule has 27 nitrogen and oxygen atoms in total. The van der Waals surface area contributed by atoms with Gasteiger partial charge in [0.2, 0.25) is 41.4 Å². The number of aliphatic hydroxyl groups is 2. The minimum atomic E-state index is -5.07. The fourth-order valence-electron chi connectivity index (χ4n) is 15.5. The van der Waals surface area contributed by atoms with E-state index in [9.17, 15) is 53.2 Å². The van der Waals surface area contributed by atoms with Gasteiger partial charge in [0.25, 0.3) is 0 Å². The minimum absolute atomic E-state index is 0. The molecule has 6 aliphatic heterocycles. The average molecular weight is 1330 g/mol. The van der Waals surface area contributed by atoms with E-state index in [1.54, 1.807) is 25.3 Å². The largest absolute Gasteiger partial charge is 0.685 e. The molecule has 1 radical (unpaired) electrons. The first-order valence-corrected chi connectivity index (χ1v) is 32.1. The molecule has 7 amide bonds.